The van der Waals surface area contributed by atoms with Crippen LogP contribution in [-0.4, -0.2) is 26.3 Å². The predicted molar refractivity (Wildman–Crippen MR) is 137 cm³/mol. The van der Waals surface area contributed by atoms with Crippen LogP contribution in [0.4, 0.5) is 11.4 Å². The van der Waals surface area contributed by atoms with Crippen molar-refractivity contribution in [2.45, 2.75) is 43.0 Å². The van der Waals surface area contributed by atoms with E-state index in [2.05, 4.69) is 15.4 Å². The van der Waals surface area contributed by atoms with Crippen molar-refractivity contribution in [3.8, 4) is 0 Å². The molecule has 4 rings (SSSR count). The maximum Gasteiger partial charge on any atom is 0.261 e. The van der Waals surface area contributed by atoms with Crippen LogP contribution in [-0.2, 0) is 10.0 Å². The van der Waals surface area contributed by atoms with Crippen molar-refractivity contribution in [2.75, 3.05) is 10.0 Å². The molecule has 0 unspecified atom stereocenters. The molecule has 0 aliphatic heterocycles. The van der Waals surface area contributed by atoms with Crippen molar-refractivity contribution >= 4 is 44.8 Å². The van der Waals surface area contributed by atoms with Gasteiger partial charge in [-0.05, 0) is 55.3 Å². The minimum absolute atomic E-state index is 0.0694. The summed E-state index contributed by atoms with van der Waals surface area (Å²) >= 11 is 6.32. The summed E-state index contributed by atoms with van der Waals surface area (Å²) in [5.74, 6) is -0.741. The Labute approximate surface area is 209 Å². The molecule has 1 aliphatic rings. The molecule has 3 aromatic rings. The van der Waals surface area contributed by atoms with Gasteiger partial charge in [0.05, 0.1) is 32.4 Å². The Morgan fingerprint density at radius 3 is 2.20 bits per heavy atom. The quantitative estimate of drug-likeness (QED) is 0.392. The van der Waals surface area contributed by atoms with Gasteiger partial charge in [-0.2, -0.15) is 0 Å². The van der Waals surface area contributed by atoms with Crippen LogP contribution >= 0.6 is 11.6 Å². The molecule has 3 N–H and O–H groups in total. The minimum atomic E-state index is -3.79. The van der Waals surface area contributed by atoms with Crippen molar-refractivity contribution in [3.05, 3.63) is 88.9 Å². The molecule has 0 spiro atoms. The average molecular weight is 512 g/mol. The predicted octanol–water partition coefficient (Wildman–Crippen LogP) is 5.46. The second kappa shape index (κ2) is 10.9. The van der Waals surface area contributed by atoms with E-state index in [0.717, 1.165) is 25.7 Å². The largest absolute Gasteiger partial charge is 0.349 e. The van der Waals surface area contributed by atoms with Crippen molar-refractivity contribution < 1.29 is 18.0 Å². The summed E-state index contributed by atoms with van der Waals surface area (Å²) in [5.41, 5.74) is 1.12. The molecule has 0 radical (unpaired) electrons. The lowest BCUT2D eigenvalue weighted by atomic mass is 9.95. The molecule has 35 heavy (non-hydrogen) atoms. The SMILES string of the molecule is O=C(Nc1ccccc1C(=O)NC1CCCCC1)c1ccc(NS(=O)(=O)c2ccccc2)cc1Cl. The van der Waals surface area contributed by atoms with Gasteiger partial charge in [0.15, 0.2) is 0 Å². The minimum Gasteiger partial charge on any atom is -0.349 e. The Balaban J connectivity index is 1.47. The first-order valence-electron chi connectivity index (χ1n) is 11.4. The Bertz CT molecular complexity index is 1320. The van der Waals surface area contributed by atoms with E-state index in [9.17, 15) is 18.0 Å². The van der Waals surface area contributed by atoms with Crippen LogP contribution in [0.5, 0.6) is 0 Å². The van der Waals surface area contributed by atoms with Gasteiger partial charge in [-0.25, -0.2) is 8.42 Å². The summed E-state index contributed by atoms with van der Waals surface area (Å²) < 4.78 is 27.5. The van der Waals surface area contributed by atoms with Crippen LogP contribution < -0.4 is 15.4 Å². The number of rotatable bonds is 7. The third-order valence-corrected chi connectivity index (χ3v) is 7.59. The summed E-state index contributed by atoms with van der Waals surface area (Å²) in [6.07, 6.45) is 5.29. The highest BCUT2D eigenvalue weighted by atomic mass is 35.5. The molecular formula is C26H26ClN3O4S. The van der Waals surface area contributed by atoms with Crippen LogP contribution in [0, 0.1) is 0 Å². The van der Waals surface area contributed by atoms with E-state index in [-0.39, 0.29) is 33.1 Å². The number of sulfonamides is 1. The summed E-state index contributed by atoms with van der Waals surface area (Å²) in [5, 5.41) is 5.89. The number of benzene rings is 3. The molecule has 0 atom stereocenters. The number of para-hydroxylation sites is 1. The van der Waals surface area contributed by atoms with Gasteiger partial charge in [0.1, 0.15) is 0 Å². The van der Waals surface area contributed by atoms with Crippen LogP contribution in [0.1, 0.15) is 52.8 Å². The number of nitrogens with one attached hydrogen (secondary N) is 3. The van der Waals surface area contributed by atoms with Crippen molar-refractivity contribution in [1.82, 2.24) is 5.32 Å². The normalized spacial score (nSPS) is 14.2. The van der Waals surface area contributed by atoms with Gasteiger partial charge in [-0.3, -0.25) is 14.3 Å². The highest BCUT2D eigenvalue weighted by molar-refractivity contribution is 7.92. The standard InChI is InChI=1S/C26H26ClN3O4S/c27-23-17-19(30-35(33,34)20-11-5-2-6-12-20)15-16-21(23)25(31)29-24-14-8-7-13-22(24)26(32)28-18-9-3-1-4-10-18/h2,5-8,11-18,30H,1,3-4,9-10H2,(H,28,32)(H,29,31). The first-order chi connectivity index (χ1) is 16.8. The van der Waals surface area contributed by atoms with Crippen LogP contribution in [0.25, 0.3) is 0 Å². The first kappa shape index (κ1) is 24.8. The Morgan fingerprint density at radius 2 is 1.49 bits per heavy atom. The van der Waals surface area contributed by atoms with E-state index < -0.39 is 15.9 Å². The molecule has 7 nitrogen and oxygen atoms in total. The van der Waals surface area contributed by atoms with E-state index in [1.54, 1.807) is 42.5 Å². The van der Waals surface area contributed by atoms with Gasteiger partial charge in [0.25, 0.3) is 21.8 Å². The van der Waals surface area contributed by atoms with Gasteiger partial charge in [0, 0.05) is 6.04 Å². The van der Waals surface area contributed by atoms with E-state index in [1.165, 1.54) is 36.8 Å². The average Bonchev–Trinajstić information content (AvgIpc) is 2.85. The highest BCUT2D eigenvalue weighted by Gasteiger charge is 2.21. The molecule has 0 aromatic heterocycles. The smallest absolute Gasteiger partial charge is 0.261 e. The molecule has 3 aromatic carbocycles. The van der Waals surface area contributed by atoms with Gasteiger partial charge < -0.3 is 10.6 Å². The number of hydrogen-bond donors (Lipinski definition) is 3. The van der Waals surface area contributed by atoms with Gasteiger partial charge in [-0.15, -0.1) is 0 Å². The Kier molecular flexibility index (Phi) is 7.73. The topological polar surface area (TPSA) is 104 Å². The fraction of sp³-hybridized carbons (Fsp3) is 0.231. The zero-order chi connectivity index (χ0) is 24.8. The molecule has 0 heterocycles. The van der Waals surface area contributed by atoms with Gasteiger partial charge >= 0.3 is 0 Å². The van der Waals surface area contributed by atoms with Crippen LogP contribution in [0.2, 0.25) is 5.02 Å². The van der Waals surface area contributed by atoms with E-state index in [1.807, 2.05) is 0 Å². The highest BCUT2D eigenvalue weighted by Crippen LogP contribution is 2.25. The second-order valence-corrected chi connectivity index (χ2v) is 10.5. The number of amides is 2. The summed E-state index contributed by atoms with van der Waals surface area (Å²) in [7, 11) is -3.79. The van der Waals surface area contributed by atoms with Crippen molar-refractivity contribution in [2.24, 2.45) is 0 Å². The van der Waals surface area contributed by atoms with Crippen LogP contribution in [0.15, 0.2) is 77.7 Å². The molecule has 182 valence electrons. The fourth-order valence-corrected chi connectivity index (χ4v) is 5.40. The van der Waals surface area contributed by atoms with Crippen LogP contribution in [0.3, 0.4) is 0 Å². The Morgan fingerprint density at radius 1 is 0.800 bits per heavy atom. The number of anilines is 2. The van der Waals surface area contributed by atoms with Gasteiger partial charge in [-0.1, -0.05) is 61.2 Å². The monoisotopic (exact) mass is 511 g/mol. The molecular weight excluding hydrogens is 486 g/mol. The Hall–Kier alpha value is -3.36. The lowest BCUT2D eigenvalue weighted by molar-refractivity contribution is 0.0928. The molecule has 1 saturated carbocycles. The lowest BCUT2D eigenvalue weighted by Gasteiger charge is -2.23. The zero-order valence-electron chi connectivity index (χ0n) is 19.0. The zero-order valence-corrected chi connectivity index (χ0v) is 20.5. The van der Waals surface area contributed by atoms with Gasteiger partial charge in [0.2, 0.25) is 0 Å². The van der Waals surface area contributed by atoms with E-state index in [4.69, 9.17) is 11.6 Å². The van der Waals surface area contributed by atoms with Crippen molar-refractivity contribution in [1.29, 1.82) is 0 Å². The van der Waals surface area contributed by atoms with Crippen molar-refractivity contribution in [3.63, 3.8) is 0 Å². The van der Waals surface area contributed by atoms with E-state index >= 15 is 0 Å². The summed E-state index contributed by atoms with van der Waals surface area (Å²) in [6, 6.07) is 19.1. The molecule has 1 aliphatic carbocycles. The fourth-order valence-electron chi connectivity index (χ4n) is 4.07. The molecule has 2 amide bonds. The molecule has 1 fully saturated rings. The number of carbonyl (C=O) groups excluding carboxylic acids is 2. The third-order valence-electron chi connectivity index (χ3n) is 5.88. The first-order valence-corrected chi connectivity index (χ1v) is 13.3. The molecule has 0 bridgehead atoms. The number of hydrogen-bond acceptors (Lipinski definition) is 4. The van der Waals surface area contributed by atoms with E-state index in [0.29, 0.717) is 11.3 Å². The second-order valence-electron chi connectivity index (χ2n) is 8.42. The molecule has 9 heteroatoms. The lowest BCUT2D eigenvalue weighted by Crippen LogP contribution is -2.36. The summed E-state index contributed by atoms with van der Waals surface area (Å²) in [4.78, 5) is 25.9. The maximum atomic E-state index is 13.0. The number of carbonyl (C=O) groups is 2. The third kappa shape index (κ3) is 6.21. The molecule has 0 saturated heterocycles. The maximum absolute atomic E-state index is 13.0. The number of halogens is 1. The summed E-state index contributed by atoms with van der Waals surface area (Å²) in [6.45, 7) is 0.